The number of piperidine rings is 1. The van der Waals surface area contributed by atoms with Crippen molar-refractivity contribution in [1.82, 2.24) is 4.98 Å². The summed E-state index contributed by atoms with van der Waals surface area (Å²) in [7, 11) is 1.36. The van der Waals surface area contributed by atoms with Gasteiger partial charge in [-0.3, -0.25) is 0 Å². The first-order valence-corrected chi connectivity index (χ1v) is 8.67. The number of carbonyl (C=O) groups excluding carboxylic acids is 1. The summed E-state index contributed by atoms with van der Waals surface area (Å²) in [6, 6.07) is 3.97. The minimum atomic E-state index is -0.373. The minimum absolute atomic E-state index is 0.269. The first kappa shape index (κ1) is 15.0. The van der Waals surface area contributed by atoms with Gasteiger partial charge in [0, 0.05) is 24.6 Å². The maximum atomic E-state index is 11.8. The number of fused-ring (bicyclic) bond motifs is 2. The largest absolute Gasteiger partial charge is 0.465 e. The molecule has 0 radical (unpaired) electrons. The Morgan fingerprint density at radius 1 is 1.50 bits per heavy atom. The van der Waals surface area contributed by atoms with Crippen LogP contribution in [0.25, 0.3) is 11.1 Å². The fourth-order valence-corrected chi connectivity index (χ4v) is 4.48. The van der Waals surface area contributed by atoms with Crippen molar-refractivity contribution in [3.05, 3.63) is 27.6 Å². The first-order valence-electron chi connectivity index (χ1n) is 7.79. The van der Waals surface area contributed by atoms with Crippen molar-refractivity contribution in [2.45, 2.75) is 18.8 Å². The maximum Gasteiger partial charge on any atom is 0.348 e. The van der Waals surface area contributed by atoms with Crippen molar-refractivity contribution in [2.75, 3.05) is 30.8 Å². The Hall–Kier alpha value is -2.59. The number of hydrogen-bond donors (Lipinski definition) is 1. The molecule has 0 spiro atoms. The second-order valence-corrected chi connectivity index (χ2v) is 6.96. The average Bonchev–Trinajstić information content (AvgIpc) is 3.10. The Balaban J connectivity index is 1.96. The van der Waals surface area contributed by atoms with E-state index in [1.165, 1.54) is 18.4 Å². The molecule has 0 amide bonds. The molecule has 3 aliphatic rings. The Bertz CT molecular complexity index is 875. The van der Waals surface area contributed by atoms with E-state index in [-0.39, 0.29) is 11.8 Å². The van der Waals surface area contributed by atoms with Gasteiger partial charge in [0.25, 0.3) is 0 Å². The molecule has 1 saturated heterocycles. The number of aromatic nitrogens is 1. The van der Waals surface area contributed by atoms with E-state index in [9.17, 15) is 10.1 Å². The summed E-state index contributed by atoms with van der Waals surface area (Å²) in [5.41, 5.74) is 10.1. The lowest BCUT2D eigenvalue weighted by molar-refractivity contribution is 0.0606. The van der Waals surface area contributed by atoms with E-state index in [0.717, 1.165) is 48.4 Å². The van der Waals surface area contributed by atoms with Crippen LogP contribution in [0.1, 0.15) is 39.7 Å². The third-order valence-electron chi connectivity index (χ3n) is 4.81. The molecule has 0 aliphatic carbocycles. The van der Waals surface area contributed by atoms with E-state index in [2.05, 4.69) is 16.0 Å². The van der Waals surface area contributed by atoms with Crippen LogP contribution < -0.4 is 10.6 Å². The van der Waals surface area contributed by atoms with E-state index in [0.29, 0.717) is 16.4 Å². The van der Waals surface area contributed by atoms with E-state index < -0.39 is 0 Å². The molecule has 0 aromatic carbocycles. The molecule has 122 valence electrons. The lowest BCUT2D eigenvalue weighted by Gasteiger charge is -2.42. The van der Waals surface area contributed by atoms with Gasteiger partial charge < -0.3 is 15.4 Å². The number of nitrogens with zero attached hydrogens (tertiary/aromatic N) is 3. The van der Waals surface area contributed by atoms with Gasteiger partial charge in [-0.15, -0.1) is 11.3 Å². The lowest BCUT2D eigenvalue weighted by Crippen LogP contribution is -2.40. The number of nitrogens with two attached hydrogens (primary N) is 1. The number of nitriles is 1. The zero-order valence-corrected chi connectivity index (χ0v) is 14.0. The third kappa shape index (κ3) is 2.07. The first-order chi connectivity index (χ1) is 11.6. The molecule has 0 saturated carbocycles. The van der Waals surface area contributed by atoms with Gasteiger partial charge in [-0.1, -0.05) is 0 Å². The normalized spacial score (nSPS) is 15.9. The molecule has 1 fully saturated rings. The fraction of sp³-hybridized carbons (Fsp3) is 0.353. The van der Waals surface area contributed by atoms with Gasteiger partial charge in [0.2, 0.25) is 0 Å². The Morgan fingerprint density at radius 3 is 2.92 bits per heavy atom. The third-order valence-corrected chi connectivity index (χ3v) is 5.72. The predicted octanol–water partition coefficient (Wildman–Crippen LogP) is 2.75. The highest BCUT2D eigenvalue weighted by atomic mass is 32.1. The summed E-state index contributed by atoms with van der Waals surface area (Å²) >= 11 is 1.31. The smallest absolute Gasteiger partial charge is 0.348 e. The molecule has 6 nitrogen and oxygen atoms in total. The summed E-state index contributed by atoms with van der Waals surface area (Å²) in [5.74, 6) is 0.297. The number of carbonyl (C=O) groups is 1. The highest BCUT2D eigenvalue weighted by molar-refractivity contribution is 7.12. The molecule has 2 aromatic rings. The predicted molar refractivity (Wildman–Crippen MR) is 92.2 cm³/mol. The monoisotopic (exact) mass is 340 g/mol. The van der Waals surface area contributed by atoms with Crippen LogP contribution in [0.3, 0.4) is 0 Å². The highest BCUT2D eigenvalue weighted by Crippen LogP contribution is 2.49. The van der Waals surface area contributed by atoms with Gasteiger partial charge in [0.15, 0.2) is 0 Å². The summed E-state index contributed by atoms with van der Waals surface area (Å²) in [6.07, 6.45) is 2.14. The van der Waals surface area contributed by atoms with Gasteiger partial charge in [-0.25, -0.2) is 9.78 Å². The number of rotatable bonds is 2. The van der Waals surface area contributed by atoms with Crippen LogP contribution in [0.4, 0.5) is 11.5 Å². The van der Waals surface area contributed by atoms with Crippen LogP contribution >= 0.6 is 11.3 Å². The number of hydrogen-bond acceptors (Lipinski definition) is 7. The van der Waals surface area contributed by atoms with Gasteiger partial charge in [-0.2, -0.15) is 5.26 Å². The highest BCUT2D eigenvalue weighted by Gasteiger charge is 2.36. The van der Waals surface area contributed by atoms with Gasteiger partial charge in [-0.05, 0) is 29.9 Å². The van der Waals surface area contributed by atoms with Gasteiger partial charge in [0.05, 0.1) is 18.5 Å². The number of thiophene rings is 1. The number of pyridine rings is 1. The minimum Gasteiger partial charge on any atom is -0.465 e. The second-order valence-electron chi connectivity index (χ2n) is 6.05. The summed E-state index contributed by atoms with van der Waals surface area (Å²) in [6.45, 7) is 1.93. The van der Waals surface area contributed by atoms with Crippen LogP contribution in [-0.2, 0) is 4.74 Å². The molecule has 0 unspecified atom stereocenters. The van der Waals surface area contributed by atoms with E-state index in [4.69, 9.17) is 10.5 Å². The van der Waals surface area contributed by atoms with Gasteiger partial charge >= 0.3 is 5.97 Å². The number of anilines is 2. The van der Waals surface area contributed by atoms with Crippen LogP contribution in [-0.4, -0.2) is 31.2 Å². The van der Waals surface area contributed by atoms with Crippen molar-refractivity contribution in [3.8, 4) is 17.2 Å². The Kier molecular flexibility index (Phi) is 3.43. The van der Waals surface area contributed by atoms with Gasteiger partial charge in [0.1, 0.15) is 22.3 Å². The Morgan fingerprint density at radius 2 is 2.25 bits per heavy atom. The van der Waals surface area contributed by atoms with Crippen molar-refractivity contribution < 1.29 is 9.53 Å². The molecule has 2 aromatic heterocycles. The quantitative estimate of drug-likeness (QED) is 0.845. The van der Waals surface area contributed by atoms with Crippen molar-refractivity contribution in [1.29, 1.82) is 5.26 Å². The van der Waals surface area contributed by atoms with Crippen LogP contribution in [0.2, 0.25) is 0 Å². The standard InChI is InChI=1S/C17H16N4O2S/c1-23-17(22)12-6-10(8-24-12)13-11(7-18)16(19)20-14-9-2-4-21(5-3-9)15(13)14/h6,8-9H,2-5H2,1H3,(H2,19,20). The zero-order chi connectivity index (χ0) is 16.8. The van der Waals surface area contributed by atoms with Crippen LogP contribution in [0.15, 0.2) is 11.4 Å². The summed E-state index contributed by atoms with van der Waals surface area (Å²) in [4.78, 5) is 19.1. The second kappa shape index (κ2) is 5.49. The molecular formula is C17H16N4O2S. The van der Waals surface area contributed by atoms with Crippen molar-refractivity contribution >= 4 is 28.8 Å². The van der Waals surface area contributed by atoms with Crippen LogP contribution in [0, 0.1) is 11.3 Å². The van der Waals surface area contributed by atoms with Crippen molar-refractivity contribution in [2.24, 2.45) is 0 Å². The lowest BCUT2D eigenvalue weighted by atomic mass is 9.83. The van der Waals surface area contributed by atoms with E-state index >= 15 is 0 Å². The van der Waals surface area contributed by atoms with E-state index in [1.807, 2.05) is 5.38 Å². The molecule has 2 bridgehead atoms. The molecular weight excluding hydrogens is 324 g/mol. The fourth-order valence-electron chi connectivity index (χ4n) is 3.66. The number of nitrogen functional groups attached to an aromatic ring is 1. The van der Waals surface area contributed by atoms with Crippen LogP contribution in [0.5, 0.6) is 0 Å². The zero-order valence-electron chi connectivity index (χ0n) is 13.2. The molecule has 7 heteroatoms. The number of ether oxygens (including phenoxy) is 1. The average molecular weight is 340 g/mol. The molecule has 24 heavy (non-hydrogen) atoms. The summed E-state index contributed by atoms with van der Waals surface area (Å²) in [5, 5.41) is 11.5. The SMILES string of the molecule is COC(=O)c1cc(-c2c(C#N)c(N)nc3c2N2CCC3CC2)cs1. The summed E-state index contributed by atoms with van der Waals surface area (Å²) < 4.78 is 4.79. The molecule has 5 heterocycles. The topological polar surface area (TPSA) is 92.2 Å². The number of methoxy groups -OCH3 is 1. The van der Waals surface area contributed by atoms with E-state index in [1.54, 1.807) is 6.07 Å². The van der Waals surface area contributed by atoms with Crippen molar-refractivity contribution in [3.63, 3.8) is 0 Å². The Labute approximate surface area is 143 Å². The molecule has 5 rings (SSSR count). The maximum absolute atomic E-state index is 11.8. The molecule has 3 aliphatic heterocycles. The molecule has 2 N–H and O–H groups in total. The number of esters is 1. The molecule has 0 atom stereocenters.